The third-order valence-electron chi connectivity index (χ3n) is 2.63. The maximum Gasteiger partial charge on any atom is 0.142 e. The van der Waals surface area contributed by atoms with Crippen LogP contribution in [0, 0.1) is 0 Å². The Morgan fingerprint density at radius 3 is 2.72 bits per heavy atom. The summed E-state index contributed by atoms with van der Waals surface area (Å²) in [5, 5.41) is 3.21. The van der Waals surface area contributed by atoms with Gasteiger partial charge in [0.05, 0.1) is 18.8 Å². The predicted octanol–water partition coefficient (Wildman–Crippen LogP) is 2.56. The van der Waals surface area contributed by atoms with E-state index in [4.69, 9.17) is 4.74 Å². The van der Waals surface area contributed by atoms with Crippen molar-refractivity contribution in [1.29, 1.82) is 0 Å². The zero-order valence-electron chi connectivity index (χ0n) is 10.2. The third kappa shape index (κ3) is 2.68. The van der Waals surface area contributed by atoms with Gasteiger partial charge < -0.3 is 10.1 Å². The molecule has 0 saturated heterocycles. The average Bonchev–Trinajstić information content (AvgIpc) is 2.42. The second-order valence-corrected chi connectivity index (χ2v) is 4.63. The van der Waals surface area contributed by atoms with Crippen LogP contribution in [0.3, 0.4) is 0 Å². The fourth-order valence-electron chi connectivity index (χ4n) is 1.77. The zero-order chi connectivity index (χ0) is 13.0. The first-order chi connectivity index (χ1) is 8.76. The SMILES string of the molecule is CNC(c1ccc(Br)cn1)c1ncccc1OC. The maximum atomic E-state index is 5.33. The number of ether oxygens (including phenoxy) is 1. The van der Waals surface area contributed by atoms with E-state index >= 15 is 0 Å². The van der Waals surface area contributed by atoms with Gasteiger partial charge in [0.1, 0.15) is 11.4 Å². The molecule has 0 aliphatic heterocycles. The molecular weight excluding hydrogens is 294 g/mol. The number of halogens is 1. The van der Waals surface area contributed by atoms with Crippen LogP contribution in [0.5, 0.6) is 5.75 Å². The molecule has 0 aromatic carbocycles. The minimum Gasteiger partial charge on any atom is -0.495 e. The first-order valence-corrected chi connectivity index (χ1v) is 6.33. The largest absolute Gasteiger partial charge is 0.495 e. The number of nitrogens with zero attached hydrogens (tertiary/aromatic N) is 2. The second-order valence-electron chi connectivity index (χ2n) is 3.71. The molecule has 1 unspecified atom stereocenters. The molecule has 0 fully saturated rings. The van der Waals surface area contributed by atoms with E-state index in [1.54, 1.807) is 19.5 Å². The van der Waals surface area contributed by atoms with Crippen molar-refractivity contribution in [2.24, 2.45) is 0 Å². The van der Waals surface area contributed by atoms with Crippen LogP contribution in [0.25, 0.3) is 0 Å². The Balaban J connectivity index is 2.41. The molecule has 94 valence electrons. The van der Waals surface area contributed by atoms with E-state index in [0.29, 0.717) is 0 Å². The van der Waals surface area contributed by atoms with Crippen molar-refractivity contribution in [1.82, 2.24) is 15.3 Å². The fraction of sp³-hybridized carbons (Fsp3) is 0.231. The van der Waals surface area contributed by atoms with E-state index in [1.165, 1.54) is 0 Å². The van der Waals surface area contributed by atoms with Crippen LogP contribution in [-0.2, 0) is 0 Å². The van der Waals surface area contributed by atoms with E-state index in [-0.39, 0.29) is 6.04 Å². The van der Waals surface area contributed by atoms with Crippen LogP contribution in [-0.4, -0.2) is 24.1 Å². The molecule has 1 atom stereocenters. The first kappa shape index (κ1) is 13.0. The highest BCUT2D eigenvalue weighted by Crippen LogP contribution is 2.26. The molecule has 0 amide bonds. The van der Waals surface area contributed by atoms with E-state index in [1.807, 2.05) is 31.3 Å². The molecular formula is C13H14BrN3O. The molecule has 0 radical (unpaired) electrons. The summed E-state index contributed by atoms with van der Waals surface area (Å²) in [6.07, 6.45) is 3.52. The van der Waals surface area contributed by atoms with Crippen LogP contribution < -0.4 is 10.1 Å². The lowest BCUT2D eigenvalue weighted by Gasteiger charge is -2.17. The lowest BCUT2D eigenvalue weighted by molar-refractivity contribution is 0.401. The molecule has 2 heterocycles. The molecule has 4 nitrogen and oxygen atoms in total. The highest BCUT2D eigenvalue weighted by atomic mass is 79.9. The minimum atomic E-state index is -0.0887. The average molecular weight is 308 g/mol. The summed E-state index contributed by atoms with van der Waals surface area (Å²) in [6, 6.07) is 7.58. The number of rotatable bonds is 4. The molecule has 0 aliphatic carbocycles. The normalized spacial score (nSPS) is 12.2. The van der Waals surface area contributed by atoms with E-state index in [2.05, 4.69) is 31.2 Å². The van der Waals surface area contributed by atoms with Crippen LogP contribution >= 0.6 is 15.9 Å². The first-order valence-electron chi connectivity index (χ1n) is 5.54. The number of methoxy groups -OCH3 is 1. The number of hydrogen-bond acceptors (Lipinski definition) is 4. The van der Waals surface area contributed by atoms with Crippen molar-refractivity contribution in [3.8, 4) is 5.75 Å². The molecule has 1 N–H and O–H groups in total. The molecule has 2 aromatic heterocycles. The van der Waals surface area contributed by atoms with Crippen molar-refractivity contribution in [2.75, 3.05) is 14.2 Å². The van der Waals surface area contributed by atoms with Crippen molar-refractivity contribution < 1.29 is 4.74 Å². The standard InChI is InChI=1S/C13H14BrN3O/c1-15-12(10-6-5-9(14)8-17-10)13-11(18-2)4-3-7-16-13/h3-8,12,15H,1-2H3. The van der Waals surface area contributed by atoms with Gasteiger partial charge in [-0.15, -0.1) is 0 Å². The summed E-state index contributed by atoms with van der Waals surface area (Å²) >= 11 is 3.38. The molecule has 0 saturated carbocycles. The highest BCUT2D eigenvalue weighted by Gasteiger charge is 2.18. The quantitative estimate of drug-likeness (QED) is 0.943. The smallest absolute Gasteiger partial charge is 0.142 e. The Bertz CT molecular complexity index is 516. The van der Waals surface area contributed by atoms with Crippen LogP contribution in [0.4, 0.5) is 0 Å². The van der Waals surface area contributed by atoms with Crippen LogP contribution in [0.1, 0.15) is 17.4 Å². The van der Waals surface area contributed by atoms with Crippen molar-refractivity contribution >= 4 is 15.9 Å². The summed E-state index contributed by atoms with van der Waals surface area (Å²) < 4.78 is 6.29. The van der Waals surface area contributed by atoms with Gasteiger partial charge in [0.2, 0.25) is 0 Å². The predicted molar refractivity (Wildman–Crippen MR) is 73.6 cm³/mol. The van der Waals surface area contributed by atoms with Gasteiger partial charge >= 0.3 is 0 Å². The van der Waals surface area contributed by atoms with Gasteiger partial charge in [0, 0.05) is 16.9 Å². The summed E-state index contributed by atoms with van der Waals surface area (Å²) in [5.74, 6) is 0.751. The van der Waals surface area contributed by atoms with Gasteiger partial charge in [-0.3, -0.25) is 9.97 Å². The summed E-state index contributed by atoms with van der Waals surface area (Å²) in [5.41, 5.74) is 1.73. The van der Waals surface area contributed by atoms with Crippen molar-refractivity contribution in [3.63, 3.8) is 0 Å². The summed E-state index contributed by atoms with van der Waals surface area (Å²) in [7, 11) is 3.52. The summed E-state index contributed by atoms with van der Waals surface area (Å²) in [6.45, 7) is 0. The van der Waals surface area contributed by atoms with Gasteiger partial charge in [-0.2, -0.15) is 0 Å². The third-order valence-corrected chi connectivity index (χ3v) is 3.10. The topological polar surface area (TPSA) is 47.0 Å². The van der Waals surface area contributed by atoms with Crippen LogP contribution in [0.15, 0.2) is 41.1 Å². The van der Waals surface area contributed by atoms with Gasteiger partial charge in [-0.1, -0.05) is 0 Å². The zero-order valence-corrected chi connectivity index (χ0v) is 11.8. The lowest BCUT2D eigenvalue weighted by atomic mass is 10.1. The molecule has 2 aromatic rings. The molecule has 18 heavy (non-hydrogen) atoms. The Labute approximate surface area is 115 Å². The Morgan fingerprint density at radius 1 is 1.28 bits per heavy atom. The van der Waals surface area contributed by atoms with Crippen molar-refractivity contribution in [3.05, 3.63) is 52.5 Å². The molecule has 2 rings (SSSR count). The number of aromatic nitrogens is 2. The Hall–Kier alpha value is -1.46. The number of hydrogen-bond donors (Lipinski definition) is 1. The highest BCUT2D eigenvalue weighted by molar-refractivity contribution is 9.10. The molecule has 0 spiro atoms. The molecule has 5 heteroatoms. The van der Waals surface area contributed by atoms with Gasteiger partial charge in [-0.25, -0.2) is 0 Å². The van der Waals surface area contributed by atoms with Gasteiger partial charge in [-0.05, 0) is 47.2 Å². The monoisotopic (exact) mass is 307 g/mol. The summed E-state index contributed by atoms with van der Waals surface area (Å²) in [4.78, 5) is 8.78. The van der Waals surface area contributed by atoms with Gasteiger partial charge in [0.15, 0.2) is 0 Å². The number of nitrogens with one attached hydrogen (secondary N) is 1. The van der Waals surface area contributed by atoms with E-state index in [0.717, 1.165) is 21.6 Å². The maximum absolute atomic E-state index is 5.33. The minimum absolute atomic E-state index is 0.0887. The fourth-order valence-corrected chi connectivity index (χ4v) is 2.01. The molecule has 0 aliphatic rings. The second kappa shape index (κ2) is 5.93. The van der Waals surface area contributed by atoms with Gasteiger partial charge in [0.25, 0.3) is 0 Å². The lowest BCUT2D eigenvalue weighted by Crippen LogP contribution is -2.20. The van der Waals surface area contributed by atoms with E-state index in [9.17, 15) is 0 Å². The van der Waals surface area contributed by atoms with Crippen LogP contribution in [0.2, 0.25) is 0 Å². The Morgan fingerprint density at radius 2 is 2.11 bits per heavy atom. The van der Waals surface area contributed by atoms with E-state index < -0.39 is 0 Å². The molecule has 0 bridgehead atoms. The van der Waals surface area contributed by atoms with Crippen molar-refractivity contribution in [2.45, 2.75) is 6.04 Å². The number of pyridine rings is 2. The Kier molecular flexibility index (Phi) is 4.28.